The molecule has 3 heterocycles. The lowest BCUT2D eigenvalue weighted by atomic mass is 10.1. The minimum absolute atomic E-state index is 0.0387. The molecule has 2 aromatic heterocycles. The van der Waals surface area contributed by atoms with Gasteiger partial charge in [-0.25, -0.2) is 4.98 Å². The number of hydrogen-bond acceptors (Lipinski definition) is 8. The number of carbonyl (C=O) groups excluding carboxylic acids is 2. The van der Waals surface area contributed by atoms with Gasteiger partial charge < -0.3 is 20.9 Å². The summed E-state index contributed by atoms with van der Waals surface area (Å²) in [6.45, 7) is 4.69. The second-order valence-corrected chi connectivity index (χ2v) is 8.69. The number of aryl methyl sites for hydroxylation is 1. The number of nitrogens with zero attached hydrogens (tertiary/aromatic N) is 4. The maximum Gasteiger partial charge on any atom is 0.260 e. The van der Waals surface area contributed by atoms with Crippen LogP contribution in [0.25, 0.3) is 11.0 Å². The highest BCUT2D eigenvalue weighted by atomic mass is 32.1. The molecule has 0 radical (unpaired) electrons. The molecule has 9 nitrogen and oxygen atoms in total. The molecular formula is C24H23N7O2S. The standard InChI is InChI=1S/C24H23N7O2S/c1-15-21(23(34-30-15)29-20-14-26-18-7-2-3-8-19(18)28-20)22(32)27-17-6-4-5-16(13-17)24(33)31-11-9-25-10-12-31/h2-8,13-14,25H,9-12H2,1H3,(H,27,32)(H,28,29). The number of benzene rings is 2. The molecule has 34 heavy (non-hydrogen) atoms. The van der Waals surface area contributed by atoms with Crippen LogP contribution >= 0.6 is 11.5 Å². The number of amides is 2. The number of fused-ring (bicyclic) bond motifs is 1. The monoisotopic (exact) mass is 473 g/mol. The van der Waals surface area contributed by atoms with Gasteiger partial charge in [-0.3, -0.25) is 14.6 Å². The third-order valence-corrected chi connectivity index (χ3v) is 6.41. The van der Waals surface area contributed by atoms with E-state index in [-0.39, 0.29) is 11.8 Å². The van der Waals surface area contributed by atoms with E-state index in [9.17, 15) is 9.59 Å². The summed E-state index contributed by atoms with van der Waals surface area (Å²) >= 11 is 1.19. The zero-order valence-corrected chi connectivity index (χ0v) is 19.4. The zero-order chi connectivity index (χ0) is 23.5. The Morgan fingerprint density at radius 3 is 2.68 bits per heavy atom. The first kappa shape index (κ1) is 21.9. The van der Waals surface area contributed by atoms with Gasteiger partial charge in [-0.05, 0) is 48.8 Å². The number of nitrogens with one attached hydrogen (secondary N) is 3. The summed E-state index contributed by atoms with van der Waals surface area (Å²) in [5.74, 6) is 0.178. The van der Waals surface area contributed by atoms with Gasteiger partial charge in [0.25, 0.3) is 11.8 Å². The summed E-state index contributed by atoms with van der Waals surface area (Å²) < 4.78 is 4.35. The van der Waals surface area contributed by atoms with Gasteiger partial charge in [0.2, 0.25) is 0 Å². The van der Waals surface area contributed by atoms with Gasteiger partial charge in [0.15, 0.2) is 0 Å². The topological polar surface area (TPSA) is 112 Å². The predicted molar refractivity (Wildman–Crippen MR) is 133 cm³/mol. The molecule has 4 aromatic rings. The maximum atomic E-state index is 13.2. The van der Waals surface area contributed by atoms with Gasteiger partial charge in [0, 0.05) is 37.4 Å². The van der Waals surface area contributed by atoms with Crippen LogP contribution < -0.4 is 16.0 Å². The Hall–Kier alpha value is -3.89. The Morgan fingerprint density at radius 2 is 1.85 bits per heavy atom. The van der Waals surface area contributed by atoms with E-state index in [1.165, 1.54) is 11.5 Å². The minimum Gasteiger partial charge on any atom is -0.336 e. The van der Waals surface area contributed by atoms with Crippen LogP contribution in [0.5, 0.6) is 0 Å². The van der Waals surface area contributed by atoms with E-state index < -0.39 is 0 Å². The molecule has 0 aliphatic carbocycles. The predicted octanol–water partition coefficient (Wildman–Crippen LogP) is 3.44. The molecule has 0 unspecified atom stereocenters. The van der Waals surface area contributed by atoms with E-state index in [4.69, 9.17) is 0 Å². The van der Waals surface area contributed by atoms with Crippen molar-refractivity contribution in [1.29, 1.82) is 0 Å². The Balaban J connectivity index is 1.34. The van der Waals surface area contributed by atoms with Crippen LogP contribution in [0, 0.1) is 6.92 Å². The van der Waals surface area contributed by atoms with Crippen molar-refractivity contribution >= 4 is 50.9 Å². The Morgan fingerprint density at radius 1 is 1.06 bits per heavy atom. The highest BCUT2D eigenvalue weighted by Crippen LogP contribution is 2.29. The maximum absolute atomic E-state index is 13.2. The molecular weight excluding hydrogens is 450 g/mol. The molecule has 0 spiro atoms. The number of piperazine rings is 1. The van der Waals surface area contributed by atoms with Crippen LogP contribution in [0.4, 0.5) is 16.5 Å². The smallest absolute Gasteiger partial charge is 0.260 e. The summed E-state index contributed by atoms with van der Waals surface area (Å²) in [5.41, 5.74) is 3.68. The van der Waals surface area contributed by atoms with E-state index in [0.717, 1.165) is 24.1 Å². The van der Waals surface area contributed by atoms with Crippen molar-refractivity contribution < 1.29 is 9.59 Å². The molecule has 0 atom stereocenters. The van der Waals surface area contributed by atoms with Gasteiger partial charge in [0.1, 0.15) is 10.8 Å². The SMILES string of the molecule is Cc1nsc(Nc2cnc3ccccc3n2)c1C(=O)Nc1cccc(C(=O)N2CCNCC2)c1. The zero-order valence-electron chi connectivity index (χ0n) is 18.5. The lowest BCUT2D eigenvalue weighted by molar-refractivity contribution is 0.0735. The highest BCUT2D eigenvalue weighted by molar-refractivity contribution is 7.10. The molecule has 2 amide bonds. The van der Waals surface area contributed by atoms with Crippen molar-refractivity contribution in [3.8, 4) is 0 Å². The molecule has 1 aliphatic rings. The molecule has 1 fully saturated rings. The average molecular weight is 474 g/mol. The normalized spacial score (nSPS) is 13.6. The average Bonchev–Trinajstić information content (AvgIpc) is 3.24. The first-order valence-corrected chi connectivity index (χ1v) is 11.7. The van der Waals surface area contributed by atoms with E-state index in [1.54, 1.807) is 37.4 Å². The number of aromatic nitrogens is 3. The minimum atomic E-state index is -0.311. The first-order valence-electron chi connectivity index (χ1n) is 10.9. The molecule has 5 rings (SSSR count). The van der Waals surface area contributed by atoms with Crippen molar-refractivity contribution in [2.75, 3.05) is 36.8 Å². The van der Waals surface area contributed by atoms with Crippen molar-refractivity contribution in [2.24, 2.45) is 0 Å². The van der Waals surface area contributed by atoms with E-state index in [2.05, 4.69) is 30.3 Å². The van der Waals surface area contributed by atoms with Gasteiger partial charge in [0.05, 0.1) is 28.5 Å². The lowest BCUT2D eigenvalue weighted by Crippen LogP contribution is -2.46. The second kappa shape index (κ2) is 9.54. The highest BCUT2D eigenvalue weighted by Gasteiger charge is 2.21. The van der Waals surface area contributed by atoms with E-state index in [0.29, 0.717) is 46.4 Å². The van der Waals surface area contributed by atoms with Crippen LogP contribution in [-0.4, -0.2) is 57.2 Å². The fourth-order valence-corrected chi connectivity index (χ4v) is 4.63. The third-order valence-electron chi connectivity index (χ3n) is 5.55. The third kappa shape index (κ3) is 4.59. The van der Waals surface area contributed by atoms with Crippen molar-refractivity contribution in [2.45, 2.75) is 6.92 Å². The summed E-state index contributed by atoms with van der Waals surface area (Å²) in [4.78, 5) is 36.8. The van der Waals surface area contributed by atoms with Crippen molar-refractivity contribution in [3.63, 3.8) is 0 Å². The van der Waals surface area contributed by atoms with Crippen LogP contribution in [-0.2, 0) is 0 Å². The molecule has 3 N–H and O–H groups in total. The molecule has 172 valence electrons. The molecule has 10 heteroatoms. The van der Waals surface area contributed by atoms with Crippen LogP contribution in [0.1, 0.15) is 26.4 Å². The second-order valence-electron chi connectivity index (χ2n) is 7.92. The number of anilines is 3. The molecule has 0 saturated carbocycles. The summed E-state index contributed by atoms with van der Waals surface area (Å²) in [5, 5.41) is 9.90. The van der Waals surface area contributed by atoms with Gasteiger partial charge >= 0.3 is 0 Å². The number of para-hydroxylation sites is 2. The van der Waals surface area contributed by atoms with Crippen molar-refractivity contribution in [1.82, 2.24) is 24.6 Å². The molecule has 0 bridgehead atoms. The Kier molecular flexibility index (Phi) is 6.15. The fraction of sp³-hybridized carbons (Fsp3) is 0.208. The van der Waals surface area contributed by atoms with Gasteiger partial charge in [-0.2, -0.15) is 4.37 Å². The Bertz CT molecular complexity index is 1360. The largest absolute Gasteiger partial charge is 0.336 e. The van der Waals surface area contributed by atoms with E-state index >= 15 is 0 Å². The molecule has 1 aliphatic heterocycles. The number of hydrogen-bond donors (Lipinski definition) is 3. The van der Waals surface area contributed by atoms with Crippen LogP contribution in [0.15, 0.2) is 54.7 Å². The quantitative estimate of drug-likeness (QED) is 0.407. The van der Waals surface area contributed by atoms with Gasteiger partial charge in [-0.1, -0.05) is 18.2 Å². The van der Waals surface area contributed by atoms with Crippen molar-refractivity contribution in [3.05, 3.63) is 71.5 Å². The fourth-order valence-electron chi connectivity index (χ4n) is 3.83. The van der Waals surface area contributed by atoms with E-state index in [1.807, 2.05) is 29.2 Å². The summed E-state index contributed by atoms with van der Waals surface area (Å²) in [7, 11) is 0. The first-order chi connectivity index (χ1) is 16.6. The van der Waals surface area contributed by atoms with Crippen LogP contribution in [0.2, 0.25) is 0 Å². The lowest BCUT2D eigenvalue weighted by Gasteiger charge is -2.27. The van der Waals surface area contributed by atoms with Crippen LogP contribution in [0.3, 0.4) is 0 Å². The summed E-state index contributed by atoms with van der Waals surface area (Å²) in [6.07, 6.45) is 1.63. The van der Waals surface area contributed by atoms with Gasteiger partial charge in [-0.15, -0.1) is 0 Å². The summed E-state index contributed by atoms with van der Waals surface area (Å²) in [6, 6.07) is 14.6. The Labute approximate surface area is 200 Å². The molecule has 1 saturated heterocycles. The number of carbonyl (C=O) groups is 2. The number of rotatable bonds is 5. The molecule has 2 aromatic carbocycles.